The summed E-state index contributed by atoms with van der Waals surface area (Å²) in [6.45, 7) is 4.07. The third-order valence-corrected chi connectivity index (χ3v) is 2.06. The van der Waals surface area contributed by atoms with Crippen LogP contribution in [0.2, 0.25) is 0 Å². The maximum atomic E-state index is 11.2. The number of carbonyl (C=O) groups excluding carboxylic acids is 1. The lowest BCUT2D eigenvalue weighted by Gasteiger charge is -2.15. The summed E-state index contributed by atoms with van der Waals surface area (Å²) < 4.78 is 7.04. The van der Waals surface area contributed by atoms with Gasteiger partial charge >= 0.3 is 5.97 Å². The van der Waals surface area contributed by atoms with Crippen LogP contribution in [0, 0.1) is 5.92 Å². The minimum Gasteiger partial charge on any atom is -0.436 e. The summed E-state index contributed by atoms with van der Waals surface area (Å²) >= 11 is 0. The first kappa shape index (κ1) is 7.40. The van der Waals surface area contributed by atoms with Crippen molar-refractivity contribution in [1.82, 2.24) is 4.57 Å². The number of hydrogen-bond acceptors (Lipinski definition) is 2. The fraction of sp³-hybridized carbons (Fsp3) is 0.444. The molecule has 0 amide bonds. The van der Waals surface area contributed by atoms with E-state index in [1.807, 2.05) is 30.7 Å². The summed E-state index contributed by atoms with van der Waals surface area (Å²) in [5.74, 6) is 0.112. The molecule has 0 spiro atoms. The van der Waals surface area contributed by atoms with Gasteiger partial charge in [0.2, 0.25) is 0 Å². The van der Waals surface area contributed by atoms with Crippen LogP contribution in [-0.2, 0) is 4.74 Å². The van der Waals surface area contributed by atoms with Gasteiger partial charge in [0.05, 0.1) is 0 Å². The number of hydrogen-bond donors (Lipinski definition) is 0. The molecule has 12 heavy (non-hydrogen) atoms. The van der Waals surface area contributed by atoms with E-state index < -0.39 is 0 Å². The van der Waals surface area contributed by atoms with Crippen molar-refractivity contribution in [3.05, 3.63) is 24.0 Å². The molecule has 0 saturated carbocycles. The second-order valence-electron chi connectivity index (χ2n) is 3.34. The summed E-state index contributed by atoms with van der Waals surface area (Å²) in [6, 6.07) is 3.65. The Labute approximate surface area is 70.9 Å². The molecule has 0 N–H and O–H groups in total. The topological polar surface area (TPSA) is 31.2 Å². The normalized spacial score (nSPS) is 21.2. The maximum absolute atomic E-state index is 11.2. The SMILES string of the molecule is CC(C)C1OC(=O)c2cccn21. The van der Waals surface area contributed by atoms with E-state index in [1.54, 1.807) is 6.07 Å². The van der Waals surface area contributed by atoms with Crippen LogP contribution >= 0.6 is 0 Å². The van der Waals surface area contributed by atoms with Gasteiger partial charge in [0, 0.05) is 12.1 Å². The molecule has 0 saturated heterocycles. The Morgan fingerprint density at radius 2 is 2.33 bits per heavy atom. The van der Waals surface area contributed by atoms with Gasteiger partial charge < -0.3 is 9.30 Å². The molecular weight excluding hydrogens is 154 g/mol. The Hall–Kier alpha value is -1.25. The molecule has 2 heterocycles. The number of nitrogens with zero attached hydrogens (tertiary/aromatic N) is 1. The van der Waals surface area contributed by atoms with Crippen molar-refractivity contribution in [3.63, 3.8) is 0 Å². The van der Waals surface area contributed by atoms with Gasteiger partial charge in [0.25, 0.3) is 0 Å². The van der Waals surface area contributed by atoms with Crippen molar-refractivity contribution < 1.29 is 9.53 Å². The number of fused-ring (bicyclic) bond motifs is 1. The molecular formula is C9H11NO2. The van der Waals surface area contributed by atoms with Gasteiger partial charge in [-0.1, -0.05) is 13.8 Å². The summed E-state index contributed by atoms with van der Waals surface area (Å²) in [5, 5.41) is 0. The van der Waals surface area contributed by atoms with Crippen molar-refractivity contribution >= 4 is 5.97 Å². The molecule has 1 unspecified atom stereocenters. The van der Waals surface area contributed by atoms with Crippen LogP contribution in [0.3, 0.4) is 0 Å². The zero-order chi connectivity index (χ0) is 8.72. The number of rotatable bonds is 1. The van der Waals surface area contributed by atoms with Crippen LogP contribution in [0.25, 0.3) is 0 Å². The first-order chi connectivity index (χ1) is 5.70. The highest BCUT2D eigenvalue weighted by molar-refractivity contribution is 5.89. The number of carbonyl (C=O) groups is 1. The standard InChI is InChI=1S/C9H11NO2/c1-6(2)8-10-5-3-4-7(10)9(11)12-8/h3-6,8H,1-2H3. The zero-order valence-electron chi connectivity index (χ0n) is 7.15. The molecule has 1 aromatic rings. The van der Waals surface area contributed by atoms with E-state index in [1.165, 1.54) is 0 Å². The highest BCUT2D eigenvalue weighted by Crippen LogP contribution is 2.28. The van der Waals surface area contributed by atoms with E-state index in [-0.39, 0.29) is 12.2 Å². The number of esters is 1. The van der Waals surface area contributed by atoms with Gasteiger partial charge in [-0.15, -0.1) is 0 Å². The van der Waals surface area contributed by atoms with Gasteiger partial charge in [-0.25, -0.2) is 4.79 Å². The molecule has 1 atom stereocenters. The molecule has 3 heteroatoms. The number of ether oxygens (including phenoxy) is 1. The Bertz CT molecular complexity index is 314. The average molecular weight is 165 g/mol. The Balaban J connectivity index is 2.42. The molecule has 0 aliphatic carbocycles. The molecule has 2 rings (SSSR count). The van der Waals surface area contributed by atoms with Crippen LogP contribution in [0.4, 0.5) is 0 Å². The van der Waals surface area contributed by atoms with Crippen LogP contribution in [0.15, 0.2) is 18.3 Å². The highest BCUT2D eigenvalue weighted by atomic mass is 16.6. The molecule has 1 aliphatic rings. The quantitative estimate of drug-likeness (QED) is 0.594. The monoisotopic (exact) mass is 165 g/mol. The van der Waals surface area contributed by atoms with E-state index in [2.05, 4.69) is 0 Å². The van der Waals surface area contributed by atoms with Gasteiger partial charge in [-0.05, 0) is 12.1 Å². The number of aromatic nitrogens is 1. The highest BCUT2D eigenvalue weighted by Gasteiger charge is 2.31. The summed E-state index contributed by atoms with van der Waals surface area (Å²) in [5.41, 5.74) is 0.661. The van der Waals surface area contributed by atoms with E-state index in [9.17, 15) is 4.79 Å². The molecule has 0 fully saturated rings. The minimum atomic E-state index is -0.210. The maximum Gasteiger partial charge on any atom is 0.357 e. The fourth-order valence-corrected chi connectivity index (χ4v) is 1.47. The Kier molecular flexibility index (Phi) is 1.46. The van der Waals surface area contributed by atoms with E-state index in [4.69, 9.17) is 4.74 Å². The van der Waals surface area contributed by atoms with Crippen molar-refractivity contribution in [3.8, 4) is 0 Å². The Morgan fingerprint density at radius 1 is 1.58 bits per heavy atom. The van der Waals surface area contributed by atoms with Gasteiger partial charge in [-0.3, -0.25) is 0 Å². The van der Waals surface area contributed by atoms with E-state index in [0.29, 0.717) is 11.6 Å². The predicted octanol–water partition coefficient (Wildman–Crippen LogP) is 1.81. The van der Waals surface area contributed by atoms with Crippen molar-refractivity contribution in [2.75, 3.05) is 0 Å². The van der Waals surface area contributed by atoms with Gasteiger partial charge in [-0.2, -0.15) is 0 Å². The minimum absolute atomic E-state index is 0.109. The largest absolute Gasteiger partial charge is 0.436 e. The van der Waals surface area contributed by atoms with Gasteiger partial charge in [0.1, 0.15) is 5.69 Å². The third-order valence-electron chi connectivity index (χ3n) is 2.06. The van der Waals surface area contributed by atoms with Gasteiger partial charge in [0.15, 0.2) is 6.23 Å². The van der Waals surface area contributed by atoms with Crippen molar-refractivity contribution in [2.24, 2.45) is 5.92 Å². The van der Waals surface area contributed by atoms with Crippen molar-refractivity contribution in [1.29, 1.82) is 0 Å². The zero-order valence-corrected chi connectivity index (χ0v) is 7.15. The lowest BCUT2D eigenvalue weighted by Crippen LogP contribution is -2.11. The average Bonchev–Trinajstić information content (AvgIpc) is 2.53. The second kappa shape index (κ2) is 2.37. The third kappa shape index (κ3) is 0.858. The predicted molar refractivity (Wildman–Crippen MR) is 43.7 cm³/mol. The van der Waals surface area contributed by atoms with Crippen LogP contribution in [-0.4, -0.2) is 10.5 Å². The van der Waals surface area contributed by atoms with Crippen LogP contribution < -0.4 is 0 Å². The molecule has 0 radical (unpaired) electrons. The van der Waals surface area contributed by atoms with E-state index in [0.717, 1.165) is 0 Å². The molecule has 0 aromatic carbocycles. The molecule has 3 nitrogen and oxygen atoms in total. The molecule has 64 valence electrons. The van der Waals surface area contributed by atoms with Crippen LogP contribution in [0.1, 0.15) is 30.6 Å². The Morgan fingerprint density at radius 3 is 3.00 bits per heavy atom. The number of cyclic esters (lactones) is 1. The summed E-state index contributed by atoms with van der Waals surface area (Å²) in [4.78, 5) is 11.2. The lowest BCUT2D eigenvalue weighted by molar-refractivity contribution is 0.0113. The van der Waals surface area contributed by atoms with E-state index >= 15 is 0 Å². The molecule has 0 bridgehead atoms. The first-order valence-corrected chi connectivity index (χ1v) is 4.08. The van der Waals surface area contributed by atoms with Crippen LogP contribution in [0.5, 0.6) is 0 Å². The fourth-order valence-electron chi connectivity index (χ4n) is 1.47. The first-order valence-electron chi connectivity index (χ1n) is 4.08. The lowest BCUT2D eigenvalue weighted by atomic mass is 10.2. The molecule has 1 aromatic heterocycles. The molecule has 1 aliphatic heterocycles. The second-order valence-corrected chi connectivity index (χ2v) is 3.34. The van der Waals surface area contributed by atoms with Crippen molar-refractivity contribution in [2.45, 2.75) is 20.1 Å². The smallest absolute Gasteiger partial charge is 0.357 e. The summed E-state index contributed by atoms with van der Waals surface area (Å²) in [7, 11) is 0. The summed E-state index contributed by atoms with van der Waals surface area (Å²) in [6.07, 6.45) is 1.77.